The Kier molecular flexibility index (Phi) is 5.69. The number of anilines is 3. The second-order valence-electron chi connectivity index (χ2n) is 13.0. The third kappa shape index (κ3) is 3.78. The molecule has 7 aromatic carbocycles. The molecule has 0 bridgehead atoms. The average molecular weight is 638 g/mol. The molecular formula is C44H28BN5. The molecule has 0 atom stereocenters. The number of hydrogen-bond acceptors (Lipinski definition) is 3. The number of fused-ring (bicyclic) bond motifs is 4. The van der Waals surface area contributed by atoms with Crippen LogP contribution in [0.3, 0.4) is 0 Å². The number of imidazole rings is 2. The monoisotopic (exact) mass is 637 g/mol. The van der Waals surface area contributed by atoms with Gasteiger partial charge in [-0.25, -0.2) is 9.97 Å². The van der Waals surface area contributed by atoms with Crippen molar-refractivity contribution < 1.29 is 0 Å². The maximum Gasteiger partial charge on any atom is 0.252 e. The molecule has 0 unspecified atom stereocenters. The Hall–Kier alpha value is -6.66. The van der Waals surface area contributed by atoms with Crippen molar-refractivity contribution in [1.82, 2.24) is 19.1 Å². The van der Waals surface area contributed by atoms with Gasteiger partial charge in [0.2, 0.25) is 0 Å². The van der Waals surface area contributed by atoms with Crippen LogP contribution in [-0.4, -0.2) is 25.8 Å². The first kappa shape index (κ1) is 27.3. The van der Waals surface area contributed by atoms with Crippen LogP contribution < -0.4 is 21.3 Å². The van der Waals surface area contributed by atoms with Crippen molar-refractivity contribution in [2.75, 3.05) is 4.90 Å². The summed E-state index contributed by atoms with van der Waals surface area (Å²) in [6.07, 6.45) is 0. The van der Waals surface area contributed by atoms with Crippen molar-refractivity contribution in [3.63, 3.8) is 0 Å². The number of hydrogen-bond donors (Lipinski definition) is 0. The lowest BCUT2D eigenvalue weighted by molar-refractivity contribution is 1.07. The predicted octanol–water partition coefficient (Wildman–Crippen LogP) is 8.31. The molecule has 0 amide bonds. The molecule has 2 aromatic heterocycles. The Morgan fingerprint density at radius 3 is 1.28 bits per heavy atom. The van der Waals surface area contributed by atoms with Crippen molar-refractivity contribution in [3.8, 4) is 34.2 Å². The van der Waals surface area contributed by atoms with Crippen molar-refractivity contribution in [3.05, 3.63) is 170 Å². The molecule has 0 spiro atoms. The van der Waals surface area contributed by atoms with E-state index < -0.39 is 0 Å². The highest BCUT2D eigenvalue weighted by Gasteiger charge is 2.42. The highest BCUT2D eigenvalue weighted by molar-refractivity contribution is 7.00. The zero-order valence-electron chi connectivity index (χ0n) is 27.0. The van der Waals surface area contributed by atoms with Gasteiger partial charge in [0.1, 0.15) is 11.6 Å². The van der Waals surface area contributed by atoms with E-state index in [0.29, 0.717) is 0 Å². The van der Waals surface area contributed by atoms with E-state index in [-0.39, 0.29) is 6.71 Å². The maximum absolute atomic E-state index is 5.34. The van der Waals surface area contributed by atoms with Crippen molar-refractivity contribution in [2.45, 2.75) is 0 Å². The molecule has 0 N–H and O–H groups in total. The highest BCUT2D eigenvalue weighted by Crippen LogP contribution is 2.41. The fraction of sp³-hybridized carbons (Fsp3) is 0. The summed E-state index contributed by atoms with van der Waals surface area (Å²) in [6.45, 7) is 0.0176. The molecule has 4 heterocycles. The normalized spacial score (nSPS) is 12.4. The van der Waals surface area contributed by atoms with Gasteiger partial charge in [-0.3, -0.25) is 9.13 Å². The lowest BCUT2D eigenvalue weighted by Crippen LogP contribution is -2.59. The number of rotatable bonds is 5. The Morgan fingerprint density at radius 2 is 0.840 bits per heavy atom. The molecule has 11 rings (SSSR count). The van der Waals surface area contributed by atoms with Gasteiger partial charge in [0.05, 0.1) is 27.8 Å². The van der Waals surface area contributed by atoms with Gasteiger partial charge in [-0.1, -0.05) is 121 Å². The number of para-hydroxylation sites is 4. The van der Waals surface area contributed by atoms with E-state index in [1.54, 1.807) is 0 Å². The van der Waals surface area contributed by atoms with Gasteiger partial charge in [0, 0.05) is 33.9 Å². The molecule has 0 radical (unpaired) electrons. The van der Waals surface area contributed by atoms with Gasteiger partial charge in [0.25, 0.3) is 6.71 Å². The zero-order chi connectivity index (χ0) is 32.8. The third-order valence-electron chi connectivity index (χ3n) is 10.3. The SMILES string of the molecule is c1ccc(-c2nc3cccc4c3n2-c2cc(N(c3ccccc3)c3ccccc3)cc3c2B4c2cccc4nc(-c5ccccc5)n-3c24)cc1. The van der Waals surface area contributed by atoms with Crippen molar-refractivity contribution >= 4 is 62.2 Å². The molecule has 0 saturated carbocycles. The number of nitrogens with zero attached hydrogens (tertiary/aromatic N) is 5. The minimum absolute atomic E-state index is 0.0176. The standard InChI is InChI=1S/C44H28BN5/c1-5-15-29(16-6-1)43-46-36-25-13-23-34-41(36)49(43)38-27-33(48(31-19-9-3-10-20-31)32-21-11-4-12-22-32)28-39-40(38)45(34)35-24-14-26-37-42(35)50(39)44(47-37)30-17-7-2-8-18-30/h1-28H. The molecule has 50 heavy (non-hydrogen) atoms. The summed E-state index contributed by atoms with van der Waals surface area (Å²) >= 11 is 0. The van der Waals surface area contributed by atoms with Gasteiger partial charge in [-0.2, -0.15) is 0 Å². The molecular weight excluding hydrogens is 609 g/mol. The van der Waals surface area contributed by atoms with E-state index in [1.165, 1.54) is 16.4 Å². The zero-order valence-corrected chi connectivity index (χ0v) is 27.0. The van der Waals surface area contributed by atoms with Crippen LogP contribution in [0.1, 0.15) is 0 Å². The summed E-state index contributed by atoms with van der Waals surface area (Å²) in [6, 6.07) is 60.4. The topological polar surface area (TPSA) is 38.9 Å². The van der Waals surface area contributed by atoms with Crippen molar-refractivity contribution in [1.29, 1.82) is 0 Å². The Labute approximate surface area is 289 Å². The van der Waals surface area contributed by atoms with Crippen LogP contribution in [0.2, 0.25) is 0 Å². The van der Waals surface area contributed by atoms with Gasteiger partial charge in [0.15, 0.2) is 0 Å². The second-order valence-corrected chi connectivity index (χ2v) is 13.0. The number of benzene rings is 7. The Bertz CT molecular complexity index is 2570. The summed E-state index contributed by atoms with van der Waals surface area (Å²) in [5, 5.41) is 0. The largest absolute Gasteiger partial charge is 0.310 e. The van der Waals surface area contributed by atoms with Crippen molar-refractivity contribution in [2.24, 2.45) is 0 Å². The summed E-state index contributed by atoms with van der Waals surface area (Å²) in [5.74, 6) is 1.88. The molecule has 0 saturated heterocycles. The highest BCUT2D eigenvalue weighted by atomic mass is 15.2. The number of aromatic nitrogens is 4. The Balaban J connectivity index is 1.32. The first-order valence-corrected chi connectivity index (χ1v) is 17.1. The third-order valence-corrected chi connectivity index (χ3v) is 10.3. The molecule has 9 aromatic rings. The van der Waals surface area contributed by atoms with E-state index >= 15 is 0 Å². The molecule has 0 aliphatic carbocycles. The maximum atomic E-state index is 5.34. The van der Waals surface area contributed by atoms with E-state index in [0.717, 1.165) is 73.3 Å². The average Bonchev–Trinajstić information content (AvgIpc) is 3.78. The molecule has 0 fully saturated rings. The molecule has 232 valence electrons. The molecule has 2 aliphatic rings. The molecule has 6 heteroatoms. The van der Waals surface area contributed by atoms with Gasteiger partial charge >= 0.3 is 0 Å². The Morgan fingerprint density at radius 1 is 0.420 bits per heavy atom. The van der Waals surface area contributed by atoms with E-state index in [1.807, 2.05) is 0 Å². The second kappa shape index (κ2) is 10.4. The summed E-state index contributed by atoms with van der Waals surface area (Å²) in [7, 11) is 0. The van der Waals surface area contributed by atoms with Crippen LogP contribution in [0.4, 0.5) is 17.1 Å². The van der Waals surface area contributed by atoms with Gasteiger partial charge in [-0.05, 0) is 64.9 Å². The summed E-state index contributed by atoms with van der Waals surface area (Å²) in [5.41, 5.74) is 15.8. The summed E-state index contributed by atoms with van der Waals surface area (Å²) < 4.78 is 4.83. The van der Waals surface area contributed by atoms with Crippen LogP contribution in [0.15, 0.2) is 170 Å². The minimum Gasteiger partial charge on any atom is -0.310 e. The lowest BCUT2D eigenvalue weighted by atomic mass is 9.34. The van der Waals surface area contributed by atoms with Gasteiger partial charge < -0.3 is 4.90 Å². The van der Waals surface area contributed by atoms with Crippen LogP contribution in [0, 0.1) is 0 Å². The van der Waals surface area contributed by atoms with Gasteiger partial charge in [-0.15, -0.1) is 0 Å². The smallest absolute Gasteiger partial charge is 0.252 e. The lowest BCUT2D eigenvalue weighted by Gasteiger charge is -2.35. The minimum atomic E-state index is 0.0176. The predicted molar refractivity (Wildman–Crippen MR) is 206 cm³/mol. The fourth-order valence-corrected chi connectivity index (χ4v) is 8.29. The molecule has 2 aliphatic heterocycles. The van der Waals surface area contributed by atoms with E-state index in [9.17, 15) is 0 Å². The molecule has 5 nitrogen and oxygen atoms in total. The first-order chi connectivity index (χ1) is 24.8. The summed E-state index contributed by atoms with van der Waals surface area (Å²) in [4.78, 5) is 13.0. The van der Waals surface area contributed by atoms with Crippen LogP contribution >= 0.6 is 0 Å². The van der Waals surface area contributed by atoms with E-state index in [4.69, 9.17) is 9.97 Å². The fourth-order valence-electron chi connectivity index (χ4n) is 8.29. The quantitative estimate of drug-likeness (QED) is 0.178. The first-order valence-electron chi connectivity index (χ1n) is 17.1. The van der Waals surface area contributed by atoms with E-state index in [2.05, 4.69) is 184 Å². The van der Waals surface area contributed by atoms with Crippen LogP contribution in [-0.2, 0) is 0 Å². The van der Waals surface area contributed by atoms with Crippen LogP contribution in [0.5, 0.6) is 0 Å². The van der Waals surface area contributed by atoms with Crippen LogP contribution in [0.25, 0.3) is 56.2 Å².